The van der Waals surface area contributed by atoms with Crippen LogP contribution in [0.15, 0.2) is 18.3 Å². The summed E-state index contributed by atoms with van der Waals surface area (Å²) < 4.78 is 1.27. The molecular formula is C8H9NOS. The largest absolute Gasteiger partial charge is 0.396 e. The molecule has 0 aliphatic carbocycles. The van der Waals surface area contributed by atoms with Crippen molar-refractivity contribution in [3.63, 3.8) is 0 Å². The number of aliphatic hydroxyl groups excluding tert-OH is 1. The van der Waals surface area contributed by atoms with Crippen molar-refractivity contribution >= 4 is 21.6 Å². The van der Waals surface area contributed by atoms with E-state index < -0.39 is 0 Å². The third-order valence-corrected chi connectivity index (χ3v) is 2.80. The minimum Gasteiger partial charge on any atom is -0.396 e. The van der Waals surface area contributed by atoms with Crippen molar-refractivity contribution in [1.82, 2.24) is 4.98 Å². The van der Waals surface area contributed by atoms with Crippen LogP contribution in [0.5, 0.6) is 0 Å². The Kier molecular flexibility index (Phi) is 1.68. The van der Waals surface area contributed by atoms with Gasteiger partial charge in [0, 0.05) is 24.1 Å². The van der Waals surface area contributed by atoms with Crippen molar-refractivity contribution in [3.8, 4) is 0 Å². The first-order chi connectivity index (χ1) is 5.40. The highest BCUT2D eigenvalue weighted by Gasteiger charge is 2.00. The second kappa shape index (κ2) is 2.68. The topological polar surface area (TPSA) is 36.0 Å². The predicted octanol–water partition coefficient (Wildman–Crippen LogP) is 1.76. The Labute approximate surface area is 68.5 Å². The van der Waals surface area contributed by atoms with E-state index >= 15 is 0 Å². The van der Waals surface area contributed by atoms with Gasteiger partial charge in [0.05, 0.1) is 10.2 Å². The molecule has 11 heavy (non-hydrogen) atoms. The van der Waals surface area contributed by atoms with Crippen molar-refractivity contribution in [2.45, 2.75) is 6.42 Å². The Morgan fingerprint density at radius 3 is 3.18 bits per heavy atom. The monoisotopic (exact) mass is 167 g/mol. The molecule has 2 nitrogen and oxygen atoms in total. The molecule has 0 aliphatic rings. The van der Waals surface area contributed by atoms with E-state index in [9.17, 15) is 0 Å². The molecular weight excluding hydrogens is 158 g/mol. The summed E-state index contributed by atoms with van der Waals surface area (Å²) in [7, 11) is 0. The van der Waals surface area contributed by atoms with Crippen molar-refractivity contribution in [2.24, 2.45) is 0 Å². The average Bonchev–Trinajstić information content (AvgIpc) is 2.46. The van der Waals surface area contributed by atoms with Crippen molar-refractivity contribution in [1.29, 1.82) is 0 Å². The number of hydrogen-bond acceptors (Lipinski definition) is 2. The molecule has 0 spiro atoms. The molecule has 0 bridgehead atoms. The maximum atomic E-state index is 8.68. The lowest BCUT2D eigenvalue weighted by molar-refractivity contribution is 0.300. The lowest BCUT2D eigenvalue weighted by Gasteiger charge is -1.86. The highest BCUT2D eigenvalue weighted by Crippen LogP contribution is 2.24. The quantitative estimate of drug-likeness (QED) is 0.702. The van der Waals surface area contributed by atoms with Gasteiger partial charge in [0.15, 0.2) is 0 Å². The van der Waals surface area contributed by atoms with Crippen molar-refractivity contribution < 1.29 is 5.11 Å². The molecule has 0 aromatic carbocycles. The van der Waals surface area contributed by atoms with Gasteiger partial charge in [0.25, 0.3) is 0 Å². The number of fused-ring (bicyclic) bond motifs is 1. The number of H-pyrrole nitrogens is 1. The standard InChI is InChI=1S/C8H9NOS/c10-4-2-6-5-7-8(11-6)1-3-9-7/h1,3,5,9-10H,2,4H2. The normalized spacial score (nSPS) is 11.0. The number of nitrogens with one attached hydrogen (secondary N) is 1. The Bertz CT molecular complexity index is 321. The molecule has 0 amide bonds. The van der Waals surface area contributed by atoms with Crippen LogP contribution < -0.4 is 0 Å². The maximum absolute atomic E-state index is 8.68. The van der Waals surface area contributed by atoms with Gasteiger partial charge in [-0.1, -0.05) is 0 Å². The summed E-state index contributed by atoms with van der Waals surface area (Å²) in [6.07, 6.45) is 2.71. The minimum atomic E-state index is 0.239. The minimum absolute atomic E-state index is 0.239. The molecule has 0 radical (unpaired) electrons. The number of aromatic amines is 1. The summed E-state index contributed by atoms with van der Waals surface area (Å²) in [4.78, 5) is 4.37. The highest BCUT2D eigenvalue weighted by molar-refractivity contribution is 7.19. The Balaban J connectivity index is 2.42. The Hall–Kier alpha value is -0.800. The van der Waals surface area contributed by atoms with Gasteiger partial charge < -0.3 is 10.1 Å². The summed E-state index contributed by atoms with van der Waals surface area (Å²) in [5.41, 5.74) is 1.18. The van der Waals surface area contributed by atoms with Crippen LogP contribution >= 0.6 is 11.3 Å². The Morgan fingerprint density at radius 2 is 2.45 bits per heavy atom. The molecule has 0 saturated heterocycles. The predicted molar refractivity (Wildman–Crippen MR) is 47.0 cm³/mol. The molecule has 58 valence electrons. The first kappa shape index (κ1) is 6.88. The fourth-order valence-corrected chi connectivity index (χ4v) is 2.15. The molecule has 0 atom stereocenters. The van der Waals surface area contributed by atoms with E-state index in [0.29, 0.717) is 0 Å². The second-order valence-electron chi connectivity index (χ2n) is 2.44. The van der Waals surface area contributed by atoms with E-state index in [0.717, 1.165) is 6.42 Å². The van der Waals surface area contributed by atoms with Crippen LogP contribution in [-0.2, 0) is 6.42 Å². The lowest BCUT2D eigenvalue weighted by Crippen LogP contribution is -1.84. The van der Waals surface area contributed by atoms with Gasteiger partial charge in [-0.2, -0.15) is 0 Å². The number of rotatable bonds is 2. The van der Waals surface area contributed by atoms with Crippen LogP contribution in [0.3, 0.4) is 0 Å². The first-order valence-electron chi connectivity index (χ1n) is 3.57. The summed E-state index contributed by atoms with van der Waals surface area (Å²) in [6, 6.07) is 4.15. The lowest BCUT2D eigenvalue weighted by atomic mass is 10.3. The summed E-state index contributed by atoms with van der Waals surface area (Å²) >= 11 is 1.74. The van der Waals surface area contributed by atoms with Crippen LogP contribution in [0.4, 0.5) is 0 Å². The molecule has 2 N–H and O–H groups in total. The molecule has 0 saturated carbocycles. The summed E-state index contributed by atoms with van der Waals surface area (Å²) in [5.74, 6) is 0. The zero-order valence-electron chi connectivity index (χ0n) is 6.00. The first-order valence-corrected chi connectivity index (χ1v) is 4.38. The molecule has 2 rings (SSSR count). The van der Waals surface area contributed by atoms with E-state index in [1.165, 1.54) is 15.1 Å². The SMILES string of the molecule is OCCc1cc2[nH]ccc2s1. The van der Waals surface area contributed by atoms with Crippen LogP contribution in [0.2, 0.25) is 0 Å². The number of thiophene rings is 1. The van der Waals surface area contributed by atoms with Crippen LogP contribution in [0, 0.1) is 0 Å². The smallest absolute Gasteiger partial charge is 0.0566 e. The third kappa shape index (κ3) is 1.17. The van der Waals surface area contributed by atoms with Crippen LogP contribution in [0.1, 0.15) is 4.88 Å². The molecule has 3 heteroatoms. The average molecular weight is 167 g/mol. The molecule has 2 aromatic heterocycles. The summed E-state index contributed by atoms with van der Waals surface area (Å²) in [6.45, 7) is 0.239. The highest BCUT2D eigenvalue weighted by atomic mass is 32.1. The van der Waals surface area contributed by atoms with Gasteiger partial charge in [0.2, 0.25) is 0 Å². The van der Waals surface area contributed by atoms with E-state index in [4.69, 9.17) is 5.11 Å². The van der Waals surface area contributed by atoms with Gasteiger partial charge in [0.1, 0.15) is 0 Å². The van der Waals surface area contributed by atoms with Crippen molar-refractivity contribution in [3.05, 3.63) is 23.2 Å². The zero-order valence-corrected chi connectivity index (χ0v) is 6.82. The van der Waals surface area contributed by atoms with E-state index in [1.807, 2.05) is 6.20 Å². The van der Waals surface area contributed by atoms with Gasteiger partial charge >= 0.3 is 0 Å². The van der Waals surface area contributed by atoms with Gasteiger partial charge in [-0.15, -0.1) is 11.3 Å². The molecule has 0 fully saturated rings. The van der Waals surface area contributed by atoms with E-state index in [2.05, 4.69) is 17.1 Å². The van der Waals surface area contributed by atoms with Gasteiger partial charge in [-0.25, -0.2) is 0 Å². The van der Waals surface area contributed by atoms with E-state index in [-0.39, 0.29) is 6.61 Å². The zero-order chi connectivity index (χ0) is 7.68. The molecule has 0 aliphatic heterocycles. The van der Waals surface area contributed by atoms with Gasteiger partial charge in [-0.05, 0) is 12.1 Å². The third-order valence-electron chi connectivity index (χ3n) is 1.64. The molecule has 2 aromatic rings. The fourth-order valence-electron chi connectivity index (χ4n) is 1.13. The number of aliphatic hydroxyl groups is 1. The summed E-state index contributed by atoms with van der Waals surface area (Å²) in [5, 5.41) is 8.68. The van der Waals surface area contributed by atoms with Crippen LogP contribution in [0.25, 0.3) is 10.2 Å². The second-order valence-corrected chi connectivity index (χ2v) is 3.61. The number of hydrogen-bond donors (Lipinski definition) is 2. The molecule has 0 unspecified atom stereocenters. The molecule has 2 heterocycles. The van der Waals surface area contributed by atoms with Crippen LogP contribution in [-0.4, -0.2) is 16.7 Å². The Morgan fingerprint density at radius 1 is 1.55 bits per heavy atom. The van der Waals surface area contributed by atoms with Gasteiger partial charge in [-0.3, -0.25) is 0 Å². The van der Waals surface area contributed by atoms with E-state index in [1.54, 1.807) is 11.3 Å². The number of aromatic nitrogens is 1. The fraction of sp³-hybridized carbons (Fsp3) is 0.250. The van der Waals surface area contributed by atoms with Crippen molar-refractivity contribution in [2.75, 3.05) is 6.61 Å². The maximum Gasteiger partial charge on any atom is 0.0566 e.